The molecule has 1 N–H and O–H groups in total. The number of anilines is 1. The van der Waals surface area contributed by atoms with Gasteiger partial charge in [-0.1, -0.05) is 0 Å². The van der Waals surface area contributed by atoms with Crippen molar-refractivity contribution in [3.8, 4) is 5.75 Å². The average Bonchev–Trinajstić information content (AvgIpc) is 2.77. The predicted octanol–water partition coefficient (Wildman–Crippen LogP) is 2.27. The van der Waals surface area contributed by atoms with E-state index in [0.29, 0.717) is 18.5 Å². The van der Waals surface area contributed by atoms with Gasteiger partial charge in [-0.25, -0.2) is 13.2 Å². The predicted molar refractivity (Wildman–Crippen MR) is 88.5 cm³/mol. The van der Waals surface area contributed by atoms with Crippen molar-refractivity contribution in [1.82, 2.24) is 4.90 Å². The van der Waals surface area contributed by atoms with E-state index in [1.54, 1.807) is 31.4 Å². The fourth-order valence-corrected chi connectivity index (χ4v) is 4.81. The van der Waals surface area contributed by atoms with Gasteiger partial charge in [-0.2, -0.15) is 0 Å². The Hall–Kier alpha value is -1.76. The molecule has 126 valence electrons. The second-order valence-electron chi connectivity index (χ2n) is 6.37. The van der Waals surface area contributed by atoms with Crippen LogP contribution in [0.15, 0.2) is 24.3 Å². The largest absolute Gasteiger partial charge is 0.497 e. The molecule has 23 heavy (non-hydrogen) atoms. The number of benzene rings is 1. The van der Waals surface area contributed by atoms with E-state index >= 15 is 0 Å². The molecule has 1 aromatic carbocycles. The topological polar surface area (TPSA) is 75.7 Å². The third kappa shape index (κ3) is 3.29. The van der Waals surface area contributed by atoms with Crippen LogP contribution < -0.4 is 10.1 Å². The lowest BCUT2D eigenvalue weighted by atomic mass is 10.0. The summed E-state index contributed by atoms with van der Waals surface area (Å²) in [5.41, 5.74) is 0.709. The molecule has 2 atom stereocenters. The van der Waals surface area contributed by atoms with Gasteiger partial charge in [0.15, 0.2) is 0 Å². The fourth-order valence-electron chi connectivity index (χ4n) is 3.67. The summed E-state index contributed by atoms with van der Waals surface area (Å²) in [6.07, 6.45) is 4.15. The van der Waals surface area contributed by atoms with Crippen molar-refractivity contribution >= 4 is 21.6 Å². The number of sulfone groups is 1. The second kappa shape index (κ2) is 6.03. The normalized spacial score (nSPS) is 26.9. The number of nitrogens with zero attached hydrogens (tertiary/aromatic N) is 1. The highest BCUT2D eigenvalue weighted by atomic mass is 32.2. The maximum atomic E-state index is 12.6. The number of carbonyl (C=O) groups excluding carboxylic acids is 1. The van der Waals surface area contributed by atoms with Crippen LogP contribution in [0.2, 0.25) is 0 Å². The van der Waals surface area contributed by atoms with Crippen LogP contribution in [-0.4, -0.2) is 50.0 Å². The second-order valence-corrected chi connectivity index (χ2v) is 8.70. The maximum absolute atomic E-state index is 12.6. The number of ether oxygens (including phenoxy) is 1. The Morgan fingerprint density at radius 2 is 1.74 bits per heavy atom. The minimum atomic E-state index is -3.04. The Bertz CT molecular complexity index is 673. The first-order valence-corrected chi connectivity index (χ1v) is 9.76. The molecule has 0 aliphatic carbocycles. The summed E-state index contributed by atoms with van der Waals surface area (Å²) < 4.78 is 28.7. The summed E-state index contributed by atoms with van der Waals surface area (Å²) in [4.78, 5) is 14.4. The van der Waals surface area contributed by atoms with E-state index in [-0.39, 0.29) is 23.4 Å². The lowest BCUT2D eigenvalue weighted by Crippen LogP contribution is -2.51. The van der Waals surface area contributed by atoms with Crippen molar-refractivity contribution in [3.05, 3.63) is 24.3 Å². The van der Waals surface area contributed by atoms with Gasteiger partial charge < -0.3 is 15.0 Å². The molecule has 2 saturated heterocycles. The van der Waals surface area contributed by atoms with Crippen LogP contribution in [0.1, 0.15) is 25.7 Å². The molecule has 0 saturated carbocycles. The SMILES string of the molecule is COc1ccc(NC(=O)N2C3CCC2CC(S(C)(=O)=O)C3)cc1. The van der Waals surface area contributed by atoms with Crippen molar-refractivity contribution in [3.63, 3.8) is 0 Å². The van der Waals surface area contributed by atoms with Gasteiger partial charge in [0, 0.05) is 24.0 Å². The molecule has 2 aliphatic rings. The Balaban J connectivity index is 1.69. The van der Waals surface area contributed by atoms with Gasteiger partial charge in [-0.05, 0) is 49.9 Å². The first-order chi connectivity index (χ1) is 10.9. The van der Waals surface area contributed by atoms with E-state index in [1.807, 2.05) is 4.90 Å². The number of nitrogens with one attached hydrogen (secondary N) is 1. The van der Waals surface area contributed by atoms with Crippen molar-refractivity contribution in [2.24, 2.45) is 0 Å². The lowest BCUT2D eigenvalue weighted by Gasteiger charge is -2.38. The lowest BCUT2D eigenvalue weighted by molar-refractivity contribution is 0.160. The zero-order valence-electron chi connectivity index (χ0n) is 13.4. The summed E-state index contributed by atoms with van der Waals surface area (Å²) in [5, 5.41) is 2.58. The van der Waals surface area contributed by atoms with Crippen LogP contribution in [0.3, 0.4) is 0 Å². The molecule has 2 bridgehead atoms. The van der Waals surface area contributed by atoms with Crippen LogP contribution in [-0.2, 0) is 9.84 Å². The zero-order valence-corrected chi connectivity index (χ0v) is 14.2. The third-order valence-corrected chi connectivity index (χ3v) is 6.47. The van der Waals surface area contributed by atoms with Gasteiger partial charge in [0.1, 0.15) is 15.6 Å². The highest BCUT2D eigenvalue weighted by Gasteiger charge is 2.45. The molecule has 7 heteroatoms. The molecule has 6 nitrogen and oxygen atoms in total. The minimum absolute atomic E-state index is 0.0201. The number of carbonyl (C=O) groups is 1. The number of rotatable bonds is 3. The number of hydrogen-bond acceptors (Lipinski definition) is 4. The molecular formula is C16H22N2O4S. The summed E-state index contributed by atoms with van der Waals surface area (Å²) in [5.74, 6) is 0.733. The van der Waals surface area contributed by atoms with Gasteiger partial charge in [0.25, 0.3) is 0 Å². The average molecular weight is 338 g/mol. The van der Waals surface area contributed by atoms with E-state index in [0.717, 1.165) is 18.6 Å². The minimum Gasteiger partial charge on any atom is -0.497 e. The smallest absolute Gasteiger partial charge is 0.322 e. The molecule has 0 spiro atoms. The van der Waals surface area contributed by atoms with Crippen LogP contribution in [0.5, 0.6) is 5.75 Å². The Labute approximate surface area is 136 Å². The van der Waals surface area contributed by atoms with Gasteiger partial charge in [0.05, 0.1) is 12.4 Å². The van der Waals surface area contributed by atoms with Crippen molar-refractivity contribution in [2.75, 3.05) is 18.7 Å². The van der Waals surface area contributed by atoms with Gasteiger partial charge in [-0.3, -0.25) is 0 Å². The zero-order chi connectivity index (χ0) is 16.6. The fraction of sp³-hybridized carbons (Fsp3) is 0.562. The highest BCUT2D eigenvalue weighted by molar-refractivity contribution is 7.91. The molecular weight excluding hydrogens is 316 g/mol. The monoisotopic (exact) mass is 338 g/mol. The number of urea groups is 1. The number of hydrogen-bond donors (Lipinski definition) is 1. The maximum Gasteiger partial charge on any atom is 0.322 e. The molecule has 0 aromatic heterocycles. The molecule has 2 fully saturated rings. The molecule has 2 amide bonds. The van der Waals surface area contributed by atoms with Crippen LogP contribution in [0, 0.1) is 0 Å². The molecule has 0 radical (unpaired) electrons. The number of piperidine rings is 1. The number of amides is 2. The summed E-state index contributed by atoms with van der Waals surface area (Å²) in [6, 6.07) is 7.07. The van der Waals surface area contributed by atoms with Crippen molar-refractivity contribution < 1.29 is 17.9 Å². The van der Waals surface area contributed by atoms with E-state index in [4.69, 9.17) is 4.74 Å². The standard InChI is InChI=1S/C16H22N2O4S/c1-22-14-7-3-11(4-8-14)17-16(19)18-12-5-6-13(18)10-15(9-12)23(2,20)21/h3-4,7-8,12-13,15H,5-6,9-10H2,1-2H3,(H,17,19). The Kier molecular flexibility index (Phi) is 4.23. The van der Waals surface area contributed by atoms with E-state index in [2.05, 4.69) is 5.32 Å². The van der Waals surface area contributed by atoms with Crippen LogP contribution in [0.4, 0.5) is 10.5 Å². The van der Waals surface area contributed by atoms with Crippen LogP contribution >= 0.6 is 0 Å². The van der Waals surface area contributed by atoms with Gasteiger partial charge in [0.2, 0.25) is 0 Å². The molecule has 3 rings (SSSR count). The van der Waals surface area contributed by atoms with Crippen molar-refractivity contribution in [1.29, 1.82) is 0 Å². The summed E-state index contributed by atoms with van der Waals surface area (Å²) in [6.45, 7) is 0. The Morgan fingerprint density at radius 3 is 2.22 bits per heavy atom. The van der Waals surface area contributed by atoms with Gasteiger partial charge in [-0.15, -0.1) is 0 Å². The van der Waals surface area contributed by atoms with Crippen LogP contribution in [0.25, 0.3) is 0 Å². The molecule has 1 aromatic rings. The highest BCUT2D eigenvalue weighted by Crippen LogP contribution is 2.38. The first-order valence-electron chi connectivity index (χ1n) is 7.80. The number of fused-ring (bicyclic) bond motifs is 2. The van der Waals surface area contributed by atoms with E-state index in [1.165, 1.54) is 6.26 Å². The Morgan fingerprint density at radius 1 is 1.17 bits per heavy atom. The van der Waals surface area contributed by atoms with E-state index < -0.39 is 9.84 Å². The quantitative estimate of drug-likeness (QED) is 0.917. The van der Waals surface area contributed by atoms with Crippen molar-refractivity contribution in [2.45, 2.75) is 43.0 Å². The molecule has 2 unspecified atom stereocenters. The van der Waals surface area contributed by atoms with Gasteiger partial charge >= 0.3 is 6.03 Å². The first kappa shape index (κ1) is 16.1. The summed E-state index contributed by atoms with van der Waals surface area (Å²) in [7, 11) is -1.45. The summed E-state index contributed by atoms with van der Waals surface area (Å²) >= 11 is 0. The molecule has 2 heterocycles. The number of methoxy groups -OCH3 is 1. The third-order valence-electron chi connectivity index (χ3n) is 4.87. The van der Waals surface area contributed by atoms with E-state index in [9.17, 15) is 13.2 Å². The molecule has 2 aliphatic heterocycles.